The van der Waals surface area contributed by atoms with Crippen LogP contribution in [0.5, 0.6) is 5.75 Å². The van der Waals surface area contributed by atoms with Crippen LogP contribution in [0.3, 0.4) is 0 Å². The van der Waals surface area contributed by atoms with Crippen molar-refractivity contribution < 1.29 is 9.53 Å². The summed E-state index contributed by atoms with van der Waals surface area (Å²) in [5, 5.41) is 4.19. The lowest BCUT2D eigenvalue weighted by Crippen LogP contribution is -2.48. The van der Waals surface area contributed by atoms with Gasteiger partial charge in [-0.25, -0.2) is 5.43 Å². The zero-order valence-corrected chi connectivity index (χ0v) is 20.5. The molecule has 0 aromatic heterocycles. The number of anilines is 1. The van der Waals surface area contributed by atoms with Crippen LogP contribution >= 0.6 is 22.6 Å². The number of carbonyl (C=O) groups excluding carboxylic acids is 1. The summed E-state index contributed by atoms with van der Waals surface area (Å²) in [7, 11) is 1.67. The van der Waals surface area contributed by atoms with Gasteiger partial charge in [-0.15, -0.1) is 0 Å². The summed E-state index contributed by atoms with van der Waals surface area (Å²) in [5.41, 5.74) is 6.70. The Kier molecular flexibility index (Phi) is 7.06. The number of hydrogen-bond donors (Lipinski definition) is 1. The molecule has 2 aromatic rings. The van der Waals surface area contributed by atoms with Crippen LogP contribution in [-0.4, -0.2) is 31.3 Å². The molecular weight excluding hydrogens is 489 g/mol. The molecule has 30 heavy (non-hydrogen) atoms. The number of halogens is 1. The van der Waals surface area contributed by atoms with Crippen molar-refractivity contribution in [3.05, 3.63) is 56.7 Å². The average molecular weight is 519 g/mol. The van der Waals surface area contributed by atoms with E-state index in [9.17, 15) is 4.79 Å². The van der Waals surface area contributed by atoms with Gasteiger partial charge in [0.05, 0.1) is 13.3 Å². The Hall–Kier alpha value is -2.09. The molecule has 0 bridgehead atoms. The van der Waals surface area contributed by atoms with Gasteiger partial charge in [0.2, 0.25) is 0 Å². The zero-order valence-electron chi connectivity index (χ0n) is 18.3. The second-order valence-electron chi connectivity index (χ2n) is 8.43. The molecule has 1 amide bonds. The predicted molar refractivity (Wildman–Crippen MR) is 132 cm³/mol. The van der Waals surface area contributed by atoms with Crippen molar-refractivity contribution in [1.82, 2.24) is 5.43 Å². The molecule has 1 aliphatic rings. The predicted octanol–water partition coefficient (Wildman–Crippen LogP) is 5.57. The number of ether oxygens (including phenoxy) is 1. The smallest absolute Gasteiger partial charge is 0.271 e. The van der Waals surface area contributed by atoms with Crippen molar-refractivity contribution in [2.75, 3.05) is 18.6 Å². The monoisotopic (exact) mass is 519 g/mol. The van der Waals surface area contributed by atoms with Gasteiger partial charge in [0.25, 0.3) is 5.91 Å². The van der Waals surface area contributed by atoms with Crippen LogP contribution in [0.15, 0.2) is 41.5 Å². The number of hydrogen-bond acceptors (Lipinski definition) is 4. The molecular formula is C24H30IN3O2. The molecule has 0 aliphatic carbocycles. The minimum absolute atomic E-state index is 0.101. The maximum absolute atomic E-state index is 12.3. The van der Waals surface area contributed by atoms with Crippen LogP contribution in [0.2, 0.25) is 0 Å². The number of rotatable bonds is 6. The number of amides is 1. The van der Waals surface area contributed by atoms with E-state index in [1.54, 1.807) is 19.4 Å². The second kappa shape index (κ2) is 9.37. The number of hydrazone groups is 1. The topological polar surface area (TPSA) is 53.9 Å². The normalized spacial score (nSPS) is 17.7. The first-order chi connectivity index (χ1) is 14.3. The summed E-state index contributed by atoms with van der Waals surface area (Å²) in [6.45, 7) is 10.1. The van der Waals surface area contributed by atoms with E-state index in [2.05, 4.69) is 77.8 Å². The van der Waals surface area contributed by atoms with Gasteiger partial charge in [-0.3, -0.25) is 4.79 Å². The van der Waals surface area contributed by atoms with Gasteiger partial charge >= 0.3 is 0 Å². The number of nitrogens with one attached hydrogen (secondary N) is 1. The van der Waals surface area contributed by atoms with E-state index in [0.717, 1.165) is 34.3 Å². The van der Waals surface area contributed by atoms with Crippen molar-refractivity contribution in [2.24, 2.45) is 5.10 Å². The molecule has 1 heterocycles. The third-order valence-corrected chi connectivity index (χ3v) is 6.31. The van der Waals surface area contributed by atoms with Crippen molar-refractivity contribution in [2.45, 2.75) is 52.0 Å². The number of methoxy groups -OCH3 is 1. The standard InChI is InChI=1S/C24H30IN3O2/c1-6-10-28-21-13-22(30-5)18(12-20(21)16(2)14-24(28,3)4)15-26-27-23(29)17-8-7-9-19(25)11-17/h7-9,11-13,15-16H,6,10,14H2,1-5H3,(H,27,29)/b26-15-. The average Bonchev–Trinajstić information content (AvgIpc) is 2.70. The SMILES string of the molecule is CCCN1c2cc(OC)c(/C=N\NC(=O)c3cccc(I)c3)cc2C(C)CC1(C)C. The zero-order chi connectivity index (χ0) is 21.9. The highest BCUT2D eigenvalue weighted by Gasteiger charge is 2.36. The van der Waals surface area contributed by atoms with Gasteiger partial charge in [0.15, 0.2) is 0 Å². The van der Waals surface area contributed by atoms with Crippen LogP contribution in [0.1, 0.15) is 67.9 Å². The molecule has 1 unspecified atom stereocenters. The van der Waals surface area contributed by atoms with Crippen molar-refractivity contribution >= 4 is 40.4 Å². The van der Waals surface area contributed by atoms with E-state index >= 15 is 0 Å². The lowest BCUT2D eigenvalue weighted by molar-refractivity contribution is 0.0955. The Morgan fingerprint density at radius 2 is 2.13 bits per heavy atom. The minimum Gasteiger partial charge on any atom is -0.496 e. The third-order valence-electron chi connectivity index (χ3n) is 5.64. The first-order valence-electron chi connectivity index (χ1n) is 10.4. The lowest BCUT2D eigenvalue weighted by Gasteiger charge is -2.47. The van der Waals surface area contributed by atoms with E-state index in [0.29, 0.717) is 11.5 Å². The third kappa shape index (κ3) is 4.79. The van der Waals surface area contributed by atoms with Gasteiger partial charge in [-0.05, 0) is 85.0 Å². The lowest BCUT2D eigenvalue weighted by atomic mass is 9.79. The fourth-order valence-corrected chi connectivity index (χ4v) is 4.85. The number of fused-ring (bicyclic) bond motifs is 1. The van der Waals surface area contributed by atoms with Gasteiger partial charge in [-0.2, -0.15) is 5.10 Å². The van der Waals surface area contributed by atoms with Gasteiger partial charge in [-0.1, -0.05) is 19.9 Å². The highest BCUT2D eigenvalue weighted by molar-refractivity contribution is 14.1. The molecule has 6 heteroatoms. The first kappa shape index (κ1) is 22.6. The molecule has 2 aromatic carbocycles. The number of carbonyl (C=O) groups is 1. The Morgan fingerprint density at radius 1 is 1.37 bits per heavy atom. The molecule has 0 spiro atoms. The van der Waals surface area contributed by atoms with Crippen LogP contribution in [0.25, 0.3) is 0 Å². The van der Waals surface area contributed by atoms with Crippen LogP contribution < -0.4 is 15.1 Å². The van der Waals surface area contributed by atoms with E-state index in [1.165, 1.54) is 11.3 Å². The molecule has 1 atom stereocenters. The summed E-state index contributed by atoms with van der Waals surface area (Å²) < 4.78 is 6.68. The largest absolute Gasteiger partial charge is 0.496 e. The van der Waals surface area contributed by atoms with E-state index < -0.39 is 0 Å². The molecule has 160 valence electrons. The molecule has 3 rings (SSSR count). The number of nitrogens with zero attached hydrogens (tertiary/aromatic N) is 2. The second-order valence-corrected chi connectivity index (χ2v) is 9.68. The Bertz CT molecular complexity index is 955. The summed E-state index contributed by atoms with van der Waals surface area (Å²) in [6, 6.07) is 11.7. The number of benzene rings is 2. The molecule has 5 nitrogen and oxygen atoms in total. The van der Waals surface area contributed by atoms with Crippen LogP contribution in [0.4, 0.5) is 5.69 Å². The van der Waals surface area contributed by atoms with Crippen molar-refractivity contribution in [3.63, 3.8) is 0 Å². The van der Waals surface area contributed by atoms with E-state index in [1.807, 2.05) is 18.2 Å². The van der Waals surface area contributed by atoms with Gasteiger partial charge in [0, 0.05) is 38.5 Å². The molecule has 1 N–H and O–H groups in total. The molecule has 1 aliphatic heterocycles. The highest BCUT2D eigenvalue weighted by atomic mass is 127. The Labute approximate surface area is 193 Å². The summed E-state index contributed by atoms with van der Waals surface area (Å²) in [5.74, 6) is 0.958. The van der Waals surface area contributed by atoms with Crippen molar-refractivity contribution in [1.29, 1.82) is 0 Å². The maximum Gasteiger partial charge on any atom is 0.271 e. The highest BCUT2D eigenvalue weighted by Crippen LogP contribution is 2.45. The van der Waals surface area contributed by atoms with Crippen LogP contribution in [-0.2, 0) is 0 Å². The van der Waals surface area contributed by atoms with Crippen molar-refractivity contribution in [3.8, 4) is 5.75 Å². The quantitative estimate of drug-likeness (QED) is 0.309. The van der Waals surface area contributed by atoms with Gasteiger partial charge < -0.3 is 9.64 Å². The molecule has 0 fully saturated rings. The minimum atomic E-state index is -0.231. The summed E-state index contributed by atoms with van der Waals surface area (Å²) >= 11 is 2.19. The van der Waals surface area contributed by atoms with Gasteiger partial charge in [0.1, 0.15) is 5.75 Å². The van der Waals surface area contributed by atoms with E-state index in [-0.39, 0.29) is 11.4 Å². The fraction of sp³-hybridized carbons (Fsp3) is 0.417. The summed E-state index contributed by atoms with van der Waals surface area (Å²) in [6.07, 6.45) is 3.85. The first-order valence-corrected chi connectivity index (χ1v) is 11.4. The van der Waals surface area contributed by atoms with Crippen LogP contribution in [0, 0.1) is 3.57 Å². The maximum atomic E-state index is 12.3. The summed E-state index contributed by atoms with van der Waals surface area (Å²) in [4.78, 5) is 14.8. The molecule has 0 saturated heterocycles. The molecule has 0 radical (unpaired) electrons. The fourth-order valence-electron chi connectivity index (χ4n) is 4.31. The Balaban J connectivity index is 1.88. The molecule has 0 saturated carbocycles. The Morgan fingerprint density at radius 3 is 2.80 bits per heavy atom. The van der Waals surface area contributed by atoms with E-state index in [4.69, 9.17) is 4.74 Å².